The zero-order valence-electron chi connectivity index (χ0n) is 8.29. The molecule has 0 fully saturated rings. The van der Waals surface area contributed by atoms with E-state index in [0.29, 0.717) is 17.6 Å². The average molecular weight is 175 g/mol. The van der Waals surface area contributed by atoms with E-state index in [1.165, 1.54) is 6.92 Å². The van der Waals surface area contributed by atoms with Crippen LogP contribution in [0.4, 0.5) is 0 Å². The molecule has 1 unspecified atom stereocenters. The summed E-state index contributed by atoms with van der Waals surface area (Å²) < 4.78 is 0.695. The van der Waals surface area contributed by atoms with Crippen molar-refractivity contribution in [1.29, 1.82) is 0 Å². The molecule has 0 aromatic rings. The molecule has 0 saturated heterocycles. The lowest BCUT2D eigenvalue weighted by atomic mass is 10.3. The number of aliphatic hydroxyl groups excluding tert-OH is 1. The number of amides is 1. The smallest absolute Gasteiger partial charge is 0.216 e. The maximum atomic E-state index is 10.5. The molecule has 2 N–H and O–H groups in total. The van der Waals surface area contributed by atoms with Crippen LogP contribution in [-0.2, 0) is 4.79 Å². The SMILES string of the molecule is CC(=O)NCC(O)C[N+](C)(C)C. The van der Waals surface area contributed by atoms with Crippen molar-refractivity contribution in [2.75, 3.05) is 34.2 Å². The molecule has 4 heteroatoms. The van der Waals surface area contributed by atoms with Crippen LogP contribution < -0.4 is 5.32 Å². The van der Waals surface area contributed by atoms with Crippen molar-refractivity contribution < 1.29 is 14.4 Å². The van der Waals surface area contributed by atoms with E-state index in [1.54, 1.807) is 0 Å². The lowest BCUT2D eigenvalue weighted by molar-refractivity contribution is -0.873. The van der Waals surface area contributed by atoms with Crippen LogP contribution in [0.5, 0.6) is 0 Å². The largest absolute Gasteiger partial charge is 0.385 e. The number of carbonyl (C=O) groups is 1. The van der Waals surface area contributed by atoms with Gasteiger partial charge in [-0.1, -0.05) is 0 Å². The van der Waals surface area contributed by atoms with Crippen LogP contribution in [0.3, 0.4) is 0 Å². The second kappa shape index (κ2) is 4.42. The fraction of sp³-hybridized carbons (Fsp3) is 0.875. The summed E-state index contributed by atoms with van der Waals surface area (Å²) in [5.41, 5.74) is 0. The number of hydrogen-bond acceptors (Lipinski definition) is 2. The van der Waals surface area contributed by atoms with Gasteiger partial charge in [-0.25, -0.2) is 0 Å². The molecule has 0 aromatic heterocycles. The standard InChI is InChI=1S/C8H18N2O2/c1-7(11)9-5-8(12)6-10(2,3)4/h8,12H,5-6H2,1-4H3/p+1. The van der Waals surface area contributed by atoms with Crippen LogP contribution in [0, 0.1) is 0 Å². The highest BCUT2D eigenvalue weighted by molar-refractivity contribution is 5.72. The number of rotatable bonds is 4. The summed E-state index contributed by atoms with van der Waals surface area (Å²) in [7, 11) is 5.99. The quantitative estimate of drug-likeness (QED) is 0.549. The number of aliphatic hydroxyl groups is 1. The van der Waals surface area contributed by atoms with Gasteiger partial charge in [-0.2, -0.15) is 0 Å². The monoisotopic (exact) mass is 175 g/mol. The van der Waals surface area contributed by atoms with Gasteiger partial charge in [-0.05, 0) is 0 Å². The van der Waals surface area contributed by atoms with Crippen molar-refractivity contribution >= 4 is 5.91 Å². The van der Waals surface area contributed by atoms with Crippen molar-refractivity contribution in [2.45, 2.75) is 13.0 Å². The van der Waals surface area contributed by atoms with E-state index in [4.69, 9.17) is 0 Å². The van der Waals surface area contributed by atoms with Gasteiger partial charge >= 0.3 is 0 Å². The average Bonchev–Trinajstić information content (AvgIpc) is 1.79. The molecule has 0 aromatic carbocycles. The van der Waals surface area contributed by atoms with Crippen LogP contribution in [0.2, 0.25) is 0 Å². The minimum Gasteiger partial charge on any atom is -0.385 e. The molecule has 0 saturated carbocycles. The van der Waals surface area contributed by atoms with E-state index in [9.17, 15) is 9.90 Å². The van der Waals surface area contributed by atoms with Gasteiger partial charge in [0.2, 0.25) is 5.91 Å². The Morgan fingerprint density at radius 2 is 2.00 bits per heavy atom. The first-order valence-corrected chi connectivity index (χ1v) is 4.04. The molecule has 12 heavy (non-hydrogen) atoms. The molecular formula is C8H19N2O2+. The van der Waals surface area contributed by atoms with Gasteiger partial charge in [0.25, 0.3) is 0 Å². The predicted molar refractivity (Wildman–Crippen MR) is 47.6 cm³/mol. The number of nitrogens with one attached hydrogen (secondary N) is 1. The van der Waals surface area contributed by atoms with Gasteiger partial charge in [-0.15, -0.1) is 0 Å². The molecule has 4 nitrogen and oxygen atoms in total. The Labute approximate surface area is 73.8 Å². The number of likely N-dealkylation sites (N-methyl/N-ethyl adjacent to an activating group) is 1. The Bertz CT molecular complexity index is 152. The van der Waals surface area contributed by atoms with Crippen LogP contribution in [0.15, 0.2) is 0 Å². The molecule has 0 heterocycles. The highest BCUT2D eigenvalue weighted by Gasteiger charge is 2.14. The molecule has 0 aliphatic heterocycles. The fourth-order valence-electron chi connectivity index (χ4n) is 0.958. The zero-order valence-corrected chi connectivity index (χ0v) is 8.29. The Balaban J connectivity index is 3.60. The highest BCUT2D eigenvalue weighted by atomic mass is 16.3. The summed E-state index contributed by atoms with van der Waals surface area (Å²) in [6, 6.07) is 0. The maximum Gasteiger partial charge on any atom is 0.216 e. The van der Waals surface area contributed by atoms with Crippen molar-refractivity contribution in [2.24, 2.45) is 0 Å². The molecule has 0 radical (unpaired) electrons. The molecule has 72 valence electrons. The topological polar surface area (TPSA) is 49.3 Å². The predicted octanol–water partition coefficient (Wildman–Crippen LogP) is -0.810. The van der Waals surface area contributed by atoms with Gasteiger partial charge in [-0.3, -0.25) is 4.79 Å². The Morgan fingerprint density at radius 1 is 1.50 bits per heavy atom. The molecule has 0 aliphatic carbocycles. The Hall–Kier alpha value is -0.610. The first-order chi connectivity index (χ1) is 5.31. The van der Waals surface area contributed by atoms with Crippen molar-refractivity contribution in [3.8, 4) is 0 Å². The van der Waals surface area contributed by atoms with E-state index in [0.717, 1.165) is 0 Å². The number of hydrogen-bond donors (Lipinski definition) is 2. The molecule has 0 aliphatic rings. The second-order valence-electron chi connectivity index (χ2n) is 4.06. The lowest BCUT2D eigenvalue weighted by Crippen LogP contribution is -2.45. The van der Waals surface area contributed by atoms with E-state index < -0.39 is 6.10 Å². The van der Waals surface area contributed by atoms with Crippen molar-refractivity contribution in [1.82, 2.24) is 5.32 Å². The van der Waals surface area contributed by atoms with Gasteiger partial charge in [0.1, 0.15) is 12.6 Å². The third-order valence-electron chi connectivity index (χ3n) is 1.35. The van der Waals surface area contributed by atoms with Crippen LogP contribution in [0.1, 0.15) is 6.92 Å². The summed E-state index contributed by atoms with van der Waals surface area (Å²) in [6.07, 6.45) is -0.464. The number of nitrogens with zero attached hydrogens (tertiary/aromatic N) is 1. The molecule has 0 bridgehead atoms. The van der Waals surface area contributed by atoms with Crippen molar-refractivity contribution in [3.63, 3.8) is 0 Å². The summed E-state index contributed by atoms with van der Waals surface area (Å²) in [6.45, 7) is 2.42. The summed E-state index contributed by atoms with van der Waals surface area (Å²) >= 11 is 0. The third kappa shape index (κ3) is 7.50. The Kier molecular flexibility index (Phi) is 4.20. The van der Waals surface area contributed by atoms with E-state index in [-0.39, 0.29) is 5.91 Å². The first kappa shape index (κ1) is 11.4. The molecule has 1 amide bonds. The van der Waals surface area contributed by atoms with Crippen LogP contribution >= 0.6 is 0 Å². The van der Waals surface area contributed by atoms with E-state index >= 15 is 0 Å². The summed E-state index contributed by atoms with van der Waals surface area (Å²) in [5, 5.41) is 12.0. The normalized spacial score (nSPS) is 14.1. The van der Waals surface area contributed by atoms with E-state index in [2.05, 4.69) is 5.32 Å². The van der Waals surface area contributed by atoms with Crippen molar-refractivity contribution in [3.05, 3.63) is 0 Å². The highest BCUT2D eigenvalue weighted by Crippen LogP contribution is 1.93. The molecular weight excluding hydrogens is 156 g/mol. The fourth-order valence-corrected chi connectivity index (χ4v) is 0.958. The third-order valence-corrected chi connectivity index (χ3v) is 1.35. The maximum absolute atomic E-state index is 10.5. The molecule has 0 rings (SSSR count). The zero-order chi connectivity index (χ0) is 9.78. The van der Waals surface area contributed by atoms with Gasteiger partial charge in [0, 0.05) is 13.5 Å². The van der Waals surface area contributed by atoms with Gasteiger partial charge in [0.05, 0.1) is 21.1 Å². The number of carbonyl (C=O) groups excluding carboxylic acids is 1. The van der Waals surface area contributed by atoms with E-state index in [1.807, 2.05) is 21.1 Å². The van der Waals surface area contributed by atoms with Crippen LogP contribution in [0.25, 0.3) is 0 Å². The minimum absolute atomic E-state index is 0.101. The minimum atomic E-state index is -0.464. The summed E-state index contributed by atoms with van der Waals surface area (Å²) in [4.78, 5) is 10.5. The van der Waals surface area contributed by atoms with Gasteiger partial charge in [0.15, 0.2) is 0 Å². The second-order valence-corrected chi connectivity index (χ2v) is 4.06. The first-order valence-electron chi connectivity index (χ1n) is 4.04. The van der Waals surface area contributed by atoms with Gasteiger partial charge < -0.3 is 14.9 Å². The molecule has 0 spiro atoms. The van der Waals surface area contributed by atoms with Crippen LogP contribution in [-0.4, -0.2) is 55.8 Å². The lowest BCUT2D eigenvalue weighted by Gasteiger charge is -2.26. The Morgan fingerprint density at radius 3 is 2.33 bits per heavy atom. The molecule has 1 atom stereocenters. The number of quaternary nitrogens is 1. The summed E-state index contributed by atoms with van der Waals surface area (Å²) in [5.74, 6) is -0.101.